The van der Waals surface area contributed by atoms with Crippen molar-refractivity contribution in [2.75, 3.05) is 6.61 Å². The summed E-state index contributed by atoms with van der Waals surface area (Å²) in [6, 6.07) is 5.19. The number of benzene rings is 1. The van der Waals surface area contributed by atoms with E-state index in [4.69, 9.17) is 21.6 Å². The van der Waals surface area contributed by atoms with E-state index >= 15 is 0 Å². The number of alkyl halides is 1. The van der Waals surface area contributed by atoms with Crippen LogP contribution in [0, 0.1) is 11.3 Å². The van der Waals surface area contributed by atoms with E-state index in [0.29, 0.717) is 16.0 Å². The van der Waals surface area contributed by atoms with Crippen LogP contribution in [0.25, 0.3) is 0 Å². The standard InChI is InChI=1S/C11H10ClNO2S/c1-2-15-11(14)8-4-3-7(5-12)9(6-13)10(8)16/h3-4,16H,2,5H2,1H3. The first-order chi connectivity index (χ1) is 7.65. The second kappa shape index (κ2) is 5.78. The zero-order valence-corrected chi connectivity index (χ0v) is 10.3. The maximum absolute atomic E-state index is 11.5. The zero-order valence-electron chi connectivity index (χ0n) is 8.66. The van der Waals surface area contributed by atoms with Crippen LogP contribution in [-0.2, 0) is 10.6 Å². The second-order valence-corrected chi connectivity index (χ2v) is 3.68. The molecule has 16 heavy (non-hydrogen) atoms. The third-order valence-corrected chi connectivity index (χ3v) is 2.77. The summed E-state index contributed by atoms with van der Waals surface area (Å²) in [7, 11) is 0. The van der Waals surface area contributed by atoms with Crippen molar-refractivity contribution in [3.8, 4) is 6.07 Å². The third kappa shape index (κ3) is 2.49. The van der Waals surface area contributed by atoms with Crippen LogP contribution >= 0.6 is 24.2 Å². The molecule has 0 aliphatic rings. The Kier molecular flexibility index (Phi) is 4.66. The van der Waals surface area contributed by atoms with Crippen molar-refractivity contribution < 1.29 is 9.53 Å². The fourth-order valence-electron chi connectivity index (χ4n) is 1.24. The Morgan fingerprint density at radius 3 is 2.81 bits per heavy atom. The lowest BCUT2D eigenvalue weighted by atomic mass is 10.1. The summed E-state index contributed by atoms with van der Waals surface area (Å²) < 4.78 is 4.85. The number of hydrogen-bond acceptors (Lipinski definition) is 4. The Bertz CT molecular complexity index is 454. The SMILES string of the molecule is CCOC(=O)c1ccc(CCl)c(C#N)c1S. The molecule has 0 atom stereocenters. The Balaban J connectivity index is 3.25. The molecule has 0 fully saturated rings. The van der Waals surface area contributed by atoms with Crippen LogP contribution in [0.1, 0.15) is 28.4 Å². The van der Waals surface area contributed by atoms with Crippen LogP contribution in [0.4, 0.5) is 0 Å². The lowest BCUT2D eigenvalue weighted by molar-refractivity contribution is 0.0522. The van der Waals surface area contributed by atoms with Crippen LogP contribution in [-0.4, -0.2) is 12.6 Å². The topological polar surface area (TPSA) is 50.1 Å². The van der Waals surface area contributed by atoms with Gasteiger partial charge in [0, 0.05) is 10.8 Å². The van der Waals surface area contributed by atoms with E-state index in [9.17, 15) is 4.79 Å². The minimum absolute atomic E-state index is 0.208. The largest absolute Gasteiger partial charge is 0.462 e. The van der Waals surface area contributed by atoms with Gasteiger partial charge < -0.3 is 4.74 Å². The van der Waals surface area contributed by atoms with Gasteiger partial charge in [-0.2, -0.15) is 5.26 Å². The molecule has 0 amide bonds. The van der Waals surface area contributed by atoms with Crippen molar-refractivity contribution in [3.05, 3.63) is 28.8 Å². The van der Waals surface area contributed by atoms with Gasteiger partial charge in [-0.05, 0) is 18.6 Å². The van der Waals surface area contributed by atoms with Gasteiger partial charge in [-0.1, -0.05) is 6.07 Å². The molecule has 0 spiro atoms. The summed E-state index contributed by atoms with van der Waals surface area (Å²) in [5, 5.41) is 8.96. The number of halogens is 1. The summed E-state index contributed by atoms with van der Waals surface area (Å²) in [5.41, 5.74) is 1.27. The van der Waals surface area contributed by atoms with Crippen molar-refractivity contribution in [2.24, 2.45) is 0 Å². The Morgan fingerprint density at radius 1 is 1.62 bits per heavy atom. The van der Waals surface area contributed by atoms with Crippen molar-refractivity contribution in [2.45, 2.75) is 17.7 Å². The van der Waals surface area contributed by atoms with E-state index in [1.165, 1.54) is 0 Å². The van der Waals surface area contributed by atoms with Gasteiger partial charge in [-0.15, -0.1) is 24.2 Å². The van der Waals surface area contributed by atoms with Crippen LogP contribution in [0.3, 0.4) is 0 Å². The van der Waals surface area contributed by atoms with E-state index in [-0.39, 0.29) is 18.1 Å². The normalized spacial score (nSPS) is 9.62. The van der Waals surface area contributed by atoms with Crippen LogP contribution in [0.2, 0.25) is 0 Å². The summed E-state index contributed by atoms with van der Waals surface area (Å²) >= 11 is 9.84. The minimum Gasteiger partial charge on any atom is -0.462 e. The number of nitrogens with zero attached hydrogens (tertiary/aromatic N) is 1. The predicted molar refractivity (Wildman–Crippen MR) is 63.9 cm³/mol. The fraction of sp³-hybridized carbons (Fsp3) is 0.273. The summed E-state index contributed by atoms with van der Waals surface area (Å²) in [6.45, 7) is 2.00. The van der Waals surface area contributed by atoms with Gasteiger partial charge in [-0.25, -0.2) is 4.79 Å². The molecular formula is C11H10ClNO2S. The Labute approximate surface area is 104 Å². The molecule has 0 radical (unpaired) electrons. The number of ether oxygens (including phenoxy) is 1. The molecule has 0 aromatic heterocycles. The fourth-order valence-corrected chi connectivity index (χ4v) is 1.82. The van der Waals surface area contributed by atoms with E-state index < -0.39 is 5.97 Å². The molecule has 1 aromatic rings. The van der Waals surface area contributed by atoms with E-state index in [0.717, 1.165) is 0 Å². The summed E-state index contributed by atoms with van der Waals surface area (Å²) in [6.07, 6.45) is 0. The second-order valence-electron chi connectivity index (χ2n) is 2.96. The number of rotatable bonds is 3. The highest BCUT2D eigenvalue weighted by Crippen LogP contribution is 2.24. The molecule has 0 saturated heterocycles. The molecular weight excluding hydrogens is 246 g/mol. The molecule has 0 aliphatic carbocycles. The number of carbonyl (C=O) groups is 1. The molecule has 0 aliphatic heterocycles. The zero-order chi connectivity index (χ0) is 12.1. The highest BCUT2D eigenvalue weighted by molar-refractivity contribution is 7.80. The maximum atomic E-state index is 11.5. The molecule has 3 nitrogen and oxygen atoms in total. The van der Waals surface area contributed by atoms with Gasteiger partial charge in [0.1, 0.15) is 6.07 Å². The van der Waals surface area contributed by atoms with Crippen molar-refractivity contribution in [3.63, 3.8) is 0 Å². The average Bonchev–Trinajstić information content (AvgIpc) is 2.28. The Hall–Kier alpha value is -1.18. The average molecular weight is 256 g/mol. The number of hydrogen-bond donors (Lipinski definition) is 1. The van der Waals surface area contributed by atoms with Crippen LogP contribution < -0.4 is 0 Å². The maximum Gasteiger partial charge on any atom is 0.339 e. The summed E-state index contributed by atoms with van der Waals surface area (Å²) in [4.78, 5) is 11.8. The van der Waals surface area contributed by atoms with Crippen LogP contribution in [0.5, 0.6) is 0 Å². The molecule has 0 bridgehead atoms. The van der Waals surface area contributed by atoms with Crippen molar-refractivity contribution in [1.29, 1.82) is 5.26 Å². The highest BCUT2D eigenvalue weighted by Gasteiger charge is 2.16. The first kappa shape index (κ1) is 12.9. The molecule has 0 heterocycles. The lowest BCUT2D eigenvalue weighted by Gasteiger charge is -2.08. The van der Waals surface area contributed by atoms with Crippen molar-refractivity contribution >= 4 is 30.2 Å². The van der Waals surface area contributed by atoms with E-state index in [1.54, 1.807) is 19.1 Å². The number of nitriles is 1. The molecule has 1 rings (SSSR count). The van der Waals surface area contributed by atoms with Gasteiger partial charge in [0.15, 0.2) is 0 Å². The first-order valence-corrected chi connectivity index (χ1v) is 5.61. The lowest BCUT2D eigenvalue weighted by Crippen LogP contribution is -2.07. The number of esters is 1. The molecule has 0 N–H and O–H groups in total. The quantitative estimate of drug-likeness (QED) is 0.513. The summed E-state index contributed by atoms with van der Waals surface area (Å²) in [5.74, 6) is -0.273. The minimum atomic E-state index is -0.481. The van der Waals surface area contributed by atoms with Gasteiger partial charge in [0.25, 0.3) is 0 Å². The molecule has 5 heteroatoms. The van der Waals surface area contributed by atoms with Gasteiger partial charge in [0.2, 0.25) is 0 Å². The van der Waals surface area contributed by atoms with Crippen LogP contribution in [0.15, 0.2) is 17.0 Å². The third-order valence-electron chi connectivity index (χ3n) is 2.02. The van der Waals surface area contributed by atoms with E-state index in [1.807, 2.05) is 6.07 Å². The van der Waals surface area contributed by atoms with E-state index in [2.05, 4.69) is 12.6 Å². The molecule has 0 unspecified atom stereocenters. The van der Waals surface area contributed by atoms with Crippen molar-refractivity contribution in [1.82, 2.24) is 0 Å². The molecule has 84 valence electrons. The monoisotopic (exact) mass is 255 g/mol. The highest BCUT2D eigenvalue weighted by atomic mass is 35.5. The molecule has 1 aromatic carbocycles. The first-order valence-electron chi connectivity index (χ1n) is 4.63. The number of carbonyl (C=O) groups excluding carboxylic acids is 1. The smallest absolute Gasteiger partial charge is 0.339 e. The Morgan fingerprint density at radius 2 is 2.31 bits per heavy atom. The van der Waals surface area contributed by atoms with Gasteiger partial charge >= 0.3 is 5.97 Å². The van der Waals surface area contributed by atoms with Gasteiger partial charge in [-0.3, -0.25) is 0 Å². The predicted octanol–water partition coefficient (Wildman–Crippen LogP) is 2.76. The molecule has 0 saturated carbocycles. The number of thiol groups is 1. The van der Waals surface area contributed by atoms with Gasteiger partial charge in [0.05, 0.1) is 17.7 Å².